The number of terminal acetylenes is 1. The van der Waals surface area contributed by atoms with Crippen molar-refractivity contribution in [3.8, 4) is 12.3 Å². The summed E-state index contributed by atoms with van der Waals surface area (Å²) in [6.45, 7) is 0. The molecule has 1 rings (SSSR count). The molecule has 0 aliphatic heterocycles. The molecule has 7 nitrogen and oxygen atoms in total. The molecular weight excluding hydrogens is 262 g/mol. The molecule has 0 heterocycles. The van der Waals surface area contributed by atoms with Crippen LogP contribution in [0.25, 0.3) is 0 Å². The van der Waals surface area contributed by atoms with Crippen molar-refractivity contribution < 1.29 is 19.5 Å². The van der Waals surface area contributed by atoms with Crippen LogP contribution in [0.4, 0.5) is 10.5 Å². The summed E-state index contributed by atoms with van der Waals surface area (Å²) in [5.74, 6) is 0.221. The Balaban J connectivity index is 2.68. The molecule has 0 fully saturated rings. The van der Waals surface area contributed by atoms with Crippen molar-refractivity contribution in [2.75, 3.05) is 5.32 Å². The number of carbonyl (C=O) groups excluding carboxylic acids is 2. The Hall–Kier alpha value is -3.01. The number of carboxylic acids is 1. The quantitative estimate of drug-likeness (QED) is 0.570. The Bertz CT molecular complexity index is 577. The maximum atomic E-state index is 11.6. The van der Waals surface area contributed by atoms with Crippen LogP contribution in [0.3, 0.4) is 0 Å². The van der Waals surface area contributed by atoms with Crippen LogP contribution in [0.2, 0.25) is 0 Å². The highest BCUT2D eigenvalue weighted by atomic mass is 16.4. The molecule has 3 amide bonds. The van der Waals surface area contributed by atoms with Crippen molar-refractivity contribution in [3.05, 3.63) is 29.8 Å². The van der Waals surface area contributed by atoms with E-state index in [-0.39, 0.29) is 0 Å². The van der Waals surface area contributed by atoms with Gasteiger partial charge in [-0.25, -0.2) is 9.59 Å². The molecule has 1 aromatic carbocycles. The van der Waals surface area contributed by atoms with Gasteiger partial charge in [-0.05, 0) is 18.2 Å². The lowest BCUT2D eigenvalue weighted by molar-refractivity contribution is -0.140. The number of rotatable bonds is 5. The second-order valence-electron chi connectivity index (χ2n) is 3.88. The number of amides is 3. The number of primary amides is 1. The van der Waals surface area contributed by atoms with E-state index in [0.717, 1.165) is 0 Å². The molecule has 1 unspecified atom stereocenters. The van der Waals surface area contributed by atoms with Gasteiger partial charge in [0.1, 0.15) is 6.04 Å². The monoisotopic (exact) mass is 275 g/mol. The highest BCUT2D eigenvalue weighted by Gasteiger charge is 2.22. The van der Waals surface area contributed by atoms with Crippen molar-refractivity contribution in [1.29, 1.82) is 0 Å². The smallest absolute Gasteiger partial charge is 0.326 e. The topological polar surface area (TPSA) is 122 Å². The van der Waals surface area contributed by atoms with Crippen molar-refractivity contribution in [2.45, 2.75) is 12.5 Å². The van der Waals surface area contributed by atoms with Crippen LogP contribution in [-0.4, -0.2) is 29.1 Å². The molecule has 0 radical (unpaired) electrons. The van der Waals surface area contributed by atoms with Crippen LogP contribution in [0.1, 0.15) is 12.0 Å². The first-order chi connectivity index (χ1) is 9.42. The van der Waals surface area contributed by atoms with Gasteiger partial charge < -0.3 is 21.5 Å². The van der Waals surface area contributed by atoms with Gasteiger partial charge in [-0.3, -0.25) is 4.79 Å². The molecular formula is C13H13N3O4. The standard InChI is InChI=1S/C13H13N3O4/c1-2-8-4-3-5-9(6-8)15-13(20)16-10(12(18)19)7-11(14)17/h1,3-6,10H,7H2,(H2,14,17)(H,18,19)(H2,15,16,20). The molecule has 7 heteroatoms. The van der Waals surface area contributed by atoms with Gasteiger partial charge >= 0.3 is 12.0 Å². The average Bonchev–Trinajstić information content (AvgIpc) is 2.37. The highest BCUT2D eigenvalue weighted by molar-refractivity contribution is 5.93. The Labute approximate surface area is 115 Å². The van der Waals surface area contributed by atoms with Gasteiger partial charge in [-0.2, -0.15) is 0 Å². The SMILES string of the molecule is C#Cc1cccc(NC(=O)NC(CC(N)=O)C(=O)O)c1. The number of carboxylic acid groups (broad SMARTS) is 1. The largest absolute Gasteiger partial charge is 0.480 e. The Morgan fingerprint density at radius 1 is 1.40 bits per heavy atom. The van der Waals surface area contributed by atoms with Crippen LogP contribution >= 0.6 is 0 Å². The van der Waals surface area contributed by atoms with Gasteiger partial charge in [0, 0.05) is 11.3 Å². The van der Waals surface area contributed by atoms with E-state index in [4.69, 9.17) is 17.3 Å². The minimum Gasteiger partial charge on any atom is -0.480 e. The summed E-state index contributed by atoms with van der Waals surface area (Å²) in [5.41, 5.74) is 5.87. The first-order valence-electron chi connectivity index (χ1n) is 5.57. The predicted molar refractivity (Wildman–Crippen MR) is 71.8 cm³/mol. The number of hydrogen-bond donors (Lipinski definition) is 4. The molecule has 1 atom stereocenters. The number of hydrogen-bond acceptors (Lipinski definition) is 3. The fourth-order valence-electron chi connectivity index (χ4n) is 1.41. The van der Waals surface area contributed by atoms with Gasteiger partial charge in [0.2, 0.25) is 5.91 Å². The average molecular weight is 275 g/mol. The Morgan fingerprint density at radius 3 is 2.65 bits per heavy atom. The molecule has 0 spiro atoms. The van der Waals surface area contributed by atoms with Gasteiger partial charge in [0.15, 0.2) is 0 Å². The third-order valence-electron chi connectivity index (χ3n) is 2.30. The third-order valence-corrected chi connectivity index (χ3v) is 2.30. The van der Waals surface area contributed by atoms with Gasteiger partial charge in [-0.1, -0.05) is 12.0 Å². The van der Waals surface area contributed by atoms with E-state index in [1.165, 1.54) is 0 Å². The van der Waals surface area contributed by atoms with Crippen molar-refractivity contribution in [2.24, 2.45) is 5.73 Å². The Kier molecular flexibility index (Phi) is 5.12. The van der Waals surface area contributed by atoms with Crippen molar-refractivity contribution in [3.63, 3.8) is 0 Å². The van der Waals surface area contributed by atoms with Crippen LogP contribution in [0.5, 0.6) is 0 Å². The van der Waals surface area contributed by atoms with E-state index in [2.05, 4.69) is 16.6 Å². The molecule has 0 aliphatic rings. The van der Waals surface area contributed by atoms with E-state index >= 15 is 0 Å². The third kappa shape index (κ3) is 4.70. The van der Waals surface area contributed by atoms with E-state index in [1.54, 1.807) is 24.3 Å². The van der Waals surface area contributed by atoms with Crippen LogP contribution in [-0.2, 0) is 9.59 Å². The number of carbonyl (C=O) groups is 3. The molecule has 20 heavy (non-hydrogen) atoms. The van der Waals surface area contributed by atoms with Gasteiger partial charge in [0.25, 0.3) is 0 Å². The van der Waals surface area contributed by atoms with E-state index in [1.807, 2.05) is 0 Å². The summed E-state index contributed by atoms with van der Waals surface area (Å²) >= 11 is 0. The lowest BCUT2D eigenvalue weighted by Gasteiger charge is -2.13. The number of aliphatic carboxylic acids is 1. The summed E-state index contributed by atoms with van der Waals surface area (Å²) in [7, 11) is 0. The van der Waals surface area contributed by atoms with Crippen LogP contribution < -0.4 is 16.4 Å². The number of benzene rings is 1. The molecule has 0 saturated heterocycles. The van der Waals surface area contributed by atoms with E-state index < -0.39 is 30.4 Å². The van der Waals surface area contributed by atoms with Crippen LogP contribution in [0, 0.1) is 12.3 Å². The first kappa shape index (κ1) is 15.0. The number of nitrogens with one attached hydrogen (secondary N) is 2. The lowest BCUT2D eigenvalue weighted by atomic mass is 10.2. The summed E-state index contributed by atoms with van der Waals surface area (Å²) in [4.78, 5) is 33.2. The van der Waals surface area contributed by atoms with Gasteiger partial charge in [0.05, 0.1) is 6.42 Å². The fourth-order valence-corrected chi connectivity index (χ4v) is 1.41. The maximum absolute atomic E-state index is 11.6. The minimum atomic E-state index is -1.39. The van der Waals surface area contributed by atoms with Crippen molar-refractivity contribution in [1.82, 2.24) is 5.32 Å². The Morgan fingerprint density at radius 2 is 2.10 bits per heavy atom. The predicted octanol–water partition coefficient (Wildman–Crippen LogP) is 0.118. The number of anilines is 1. The zero-order valence-electron chi connectivity index (χ0n) is 10.4. The molecule has 0 aromatic heterocycles. The molecule has 0 bridgehead atoms. The summed E-state index contributed by atoms with van der Waals surface area (Å²) < 4.78 is 0. The summed E-state index contributed by atoms with van der Waals surface area (Å²) in [6.07, 6.45) is 4.72. The molecule has 5 N–H and O–H groups in total. The molecule has 0 aliphatic carbocycles. The van der Waals surface area contributed by atoms with Crippen molar-refractivity contribution >= 4 is 23.6 Å². The normalized spacial score (nSPS) is 10.9. The lowest BCUT2D eigenvalue weighted by Crippen LogP contribution is -2.45. The first-order valence-corrected chi connectivity index (χ1v) is 5.57. The maximum Gasteiger partial charge on any atom is 0.326 e. The number of nitrogens with two attached hydrogens (primary N) is 1. The fraction of sp³-hybridized carbons (Fsp3) is 0.154. The molecule has 0 saturated carbocycles. The summed E-state index contributed by atoms with van der Waals surface area (Å²) in [6, 6.07) is 4.29. The number of urea groups is 1. The van der Waals surface area contributed by atoms with Crippen LogP contribution in [0.15, 0.2) is 24.3 Å². The zero-order chi connectivity index (χ0) is 15.1. The van der Waals surface area contributed by atoms with E-state index in [0.29, 0.717) is 11.3 Å². The zero-order valence-corrected chi connectivity index (χ0v) is 10.4. The minimum absolute atomic E-state index is 0.404. The summed E-state index contributed by atoms with van der Waals surface area (Å²) in [5, 5.41) is 13.4. The molecule has 104 valence electrons. The molecule has 1 aromatic rings. The second kappa shape index (κ2) is 6.80. The van der Waals surface area contributed by atoms with E-state index in [9.17, 15) is 14.4 Å². The van der Waals surface area contributed by atoms with Gasteiger partial charge in [-0.15, -0.1) is 6.42 Å². The highest BCUT2D eigenvalue weighted by Crippen LogP contribution is 2.09. The second-order valence-corrected chi connectivity index (χ2v) is 3.88.